The number of carbonyl (C=O) groups is 1. The number of hydrogen-bond donors (Lipinski definition) is 2. The van der Waals surface area contributed by atoms with Crippen molar-refractivity contribution in [3.63, 3.8) is 0 Å². The summed E-state index contributed by atoms with van der Waals surface area (Å²) in [5.41, 5.74) is 0.383. The summed E-state index contributed by atoms with van der Waals surface area (Å²) in [5.74, 6) is 0.639. The number of nitrogens with one attached hydrogen (secondary N) is 2. The lowest BCUT2D eigenvalue weighted by Gasteiger charge is -2.15. The van der Waals surface area contributed by atoms with Crippen LogP contribution in [-0.2, 0) is 13.0 Å². The van der Waals surface area contributed by atoms with Crippen LogP contribution in [0.15, 0.2) is 17.2 Å². The van der Waals surface area contributed by atoms with Crippen molar-refractivity contribution in [2.75, 3.05) is 0 Å². The van der Waals surface area contributed by atoms with Crippen LogP contribution in [0.4, 0.5) is 0 Å². The van der Waals surface area contributed by atoms with Crippen LogP contribution in [-0.4, -0.2) is 36.5 Å². The van der Waals surface area contributed by atoms with Crippen LogP contribution < -0.4 is 11.0 Å². The summed E-state index contributed by atoms with van der Waals surface area (Å²) in [7, 11) is 0. The van der Waals surface area contributed by atoms with E-state index in [9.17, 15) is 9.59 Å². The molecule has 2 N–H and O–H groups in total. The molecule has 0 aromatic carbocycles. The Morgan fingerprint density at radius 1 is 1.45 bits per heavy atom. The van der Waals surface area contributed by atoms with Crippen LogP contribution in [0, 0.1) is 0 Å². The molecule has 1 aliphatic heterocycles. The Kier molecular flexibility index (Phi) is 3.82. The molecule has 0 saturated carbocycles. The molecule has 0 saturated heterocycles. The summed E-state index contributed by atoms with van der Waals surface area (Å²) in [6, 6.07) is 0.263. The SMILES string of the molecule is CC(C)n1cc(C(=O)NC2CCc3n[nH]c(=O)n3CC2)cn1. The molecule has 0 fully saturated rings. The monoisotopic (exact) mass is 304 g/mol. The maximum atomic E-state index is 12.3. The van der Waals surface area contributed by atoms with Gasteiger partial charge in [0.25, 0.3) is 5.91 Å². The van der Waals surface area contributed by atoms with Gasteiger partial charge in [-0.2, -0.15) is 10.2 Å². The number of aromatic amines is 1. The smallest absolute Gasteiger partial charge is 0.343 e. The molecule has 8 nitrogen and oxygen atoms in total. The Morgan fingerprint density at radius 2 is 2.27 bits per heavy atom. The van der Waals surface area contributed by atoms with Crippen molar-refractivity contribution in [1.29, 1.82) is 0 Å². The van der Waals surface area contributed by atoms with E-state index in [1.165, 1.54) is 0 Å². The Hall–Kier alpha value is -2.38. The zero-order chi connectivity index (χ0) is 15.7. The average Bonchev–Trinajstić information content (AvgIpc) is 3.05. The van der Waals surface area contributed by atoms with Gasteiger partial charge in [-0.1, -0.05) is 0 Å². The number of fused-ring (bicyclic) bond motifs is 1. The highest BCUT2D eigenvalue weighted by Crippen LogP contribution is 2.12. The van der Waals surface area contributed by atoms with E-state index in [1.54, 1.807) is 21.6 Å². The molecule has 3 rings (SSSR count). The van der Waals surface area contributed by atoms with Gasteiger partial charge in [-0.25, -0.2) is 9.89 Å². The average molecular weight is 304 g/mol. The standard InChI is InChI=1S/C14H20N6O2/c1-9(2)20-8-10(7-15-20)13(21)16-11-3-4-12-17-18-14(22)19(12)6-5-11/h7-9,11H,3-6H2,1-2H3,(H,16,21)(H,18,22). The minimum atomic E-state index is -0.180. The quantitative estimate of drug-likeness (QED) is 0.862. The first-order valence-electron chi connectivity index (χ1n) is 7.53. The summed E-state index contributed by atoms with van der Waals surface area (Å²) in [6.45, 7) is 4.60. The molecule has 8 heteroatoms. The molecule has 2 aromatic rings. The predicted molar refractivity (Wildman–Crippen MR) is 79.7 cm³/mol. The van der Waals surface area contributed by atoms with E-state index in [2.05, 4.69) is 20.6 Å². The molecule has 2 aromatic heterocycles. The van der Waals surface area contributed by atoms with Gasteiger partial charge in [-0.15, -0.1) is 0 Å². The highest BCUT2D eigenvalue weighted by atomic mass is 16.2. The first-order valence-corrected chi connectivity index (χ1v) is 7.53. The molecule has 1 unspecified atom stereocenters. The second kappa shape index (κ2) is 5.78. The van der Waals surface area contributed by atoms with Crippen molar-refractivity contribution in [1.82, 2.24) is 29.9 Å². The summed E-state index contributed by atoms with van der Waals surface area (Å²) in [6.07, 6.45) is 5.51. The third kappa shape index (κ3) is 2.81. The second-order valence-corrected chi connectivity index (χ2v) is 5.90. The van der Waals surface area contributed by atoms with E-state index < -0.39 is 0 Å². The van der Waals surface area contributed by atoms with Gasteiger partial charge in [0, 0.05) is 31.2 Å². The first-order chi connectivity index (χ1) is 10.5. The molecule has 0 aliphatic carbocycles. The fraction of sp³-hybridized carbons (Fsp3) is 0.571. The van der Waals surface area contributed by atoms with E-state index in [0.717, 1.165) is 18.7 Å². The number of carbonyl (C=O) groups excluding carboxylic acids is 1. The zero-order valence-electron chi connectivity index (χ0n) is 12.7. The normalized spacial score (nSPS) is 18.0. The molecule has 0 radical (unpaired) electrons. The van der Waals surface area contributed by atoms with Gasteiger partial charge in [0.1, 0.15) is 5.82 Å². The van der Waals surface area contributed by atoms with Crippen LogP contribution in [0.1, 0.15) is 48.9 Å². The number of amides is 1. The topological polar surface area (TPSA) is 97.6 Å². The second-order valence-electron chi connectivity index (χ2n) is 5.90. The van der Waals surface area contributed by atoms with Crippen molar-refractivity contribution in [3.8, 4) is 0 Å². The van der Waals surface area contributed by atoms with Crippen molar-refractivity contribution in [2.24, 2.45) is 0 Å². The Labute approximate surface area is 127 Å². The molecule has 22 heavy (non-hydrogen) atoms. The maximum absolute atomic E-state index is 12.3. The van der Waals surface area contributed by atoms with E-state index >= 15 is 0 Å². The van der Waals surface area contributed by atoms with Gasteiger partial charge in [0.05, 0.1) is 11.8 Å². The van der Waals surface area contributed by atoms with E-state index in [0.29, 0.717) is 18.5 Å². The van der Waals surface area contributed by atoms with Crippen molar-refractivity contribution >= 4 is 5.91 Å². The Bertz CT molecular complexity index is 726. The molecule has 118 valence electrons. The van der Waals surface area contributed by atoms with Crippen molar-refractivity contribution in [2.45, 2.75) is 51.7 Å². The van der Waals surface area contributed by atoms with Crippen molar-refractivity contribution in [3.05, 3.63) is 34.3 Å². The Morgan fingerprint density at radius 3 is 3.00 bits per heavy atom. The van der Waals surface area contributed by atoms with E-state index in [4.69, 9.17) is 0 Å². The number of aryl methyl sites for hydroxylation is 1. The fourth-order valence-electron chi connectivity index (χ4n) is 2.66. The number of nitrogens with zero attached hydrogens (tertiary/aromatic N) is 4. The zero-order valence-corrected chi connectivity index (χ0v) is 12.7. The highest BCUT2D eigenvalue weighted by molar-refractivity contribution is 5.93. The van der Waals surface area contributed by atoms with Gasteiger partial charge in [-0.05, 0) is 26.7 Å². The lowest BCUT2D eigenvalue weighted by Crippen LogP contribution is -2.35. The van der Waals surface area contributed by atoms with Crippen LogP contribution >= 0.6 is 0 Å². The molecule has 0 spiro atoms. The minimum absolute atomic E-state index is 0.0380. The lowest BCUT2D eigenvalue weighted by molar-refractivity contribution is 0.0933. The molecule has 1 atom stereocenters. The van der Waals surface area contributed by atoms with Crippen LogP contribution in [0.5, 0.6) is 0 Å². The van der Waals surface area contributed by atoms with Crippen LogP contribution in [0.3, 0.4) is 0 Å². The van der Waals surface area contributed by atoms with E-state index in [1.807, 2.05) is 13.8 Å². The van der Waals surface area contributed by atoms with E-state index in [-0.39, 0.29) is 23.7 Å². The highest BCUT2D eigenvalue weighted by Gasteiger charge is 2.21. The third-order valence-electron chi connectivity index (χ3n) is 3.98. The molecule has 0 bridgehead atoms. The third-order valence-corrected chi connectivity index (χ3v) is 3.98. The molecule has 3 heterocycles. The first kappa shape index (κ1) is 14.6. The number of H-pyrrole nitrogens is 1. The fourth-order valence-corrected chi connectivity index (χ4v) is 2.66. The van der Waals surface area contributed by atoms with Gasteiger partial charge >= 0.3 is 5.69 Å². The van der Waals surface area contributed by atoms with Gasteiger partial charge in [-0.3, -0.25) is 14.0 Å². The summed E-state index contributed by atoms with van der Waals surface area (Å²) < 4.78 is 3.40. The number of hydrogen-bond acceptors (Lipinski definition) is 4. The predicted octanol–water partition coefficient (Wildman–Crippen LogP) is 0.484. The largest absolute Gasteiger partial charge is 0.349 e. The Balaban J connectivity index is 1.64. The van der Waals surface area contributed by atoms with Crippen LogP contribution in [0.2, 0.25) is 0 Å². The maximum Gasteiger partial charge on any atom is 0.343 e. The minimum Gasteiger partial charge on any atom is -0.349 e. The summed E-state index contributed by atoms with van der Waals surface area (Å²) in [4.78, 5) is 23.9. The molecular formula is C14H20N6O2. The van der Waals surface area contributed by atoms with Crippen molar-refractivity contribution < 1.29 is 4.79 Å². The summed E-state index contributed by atoms with van der Waals surface area (Å²) in [5, 5.41) is 13.7. The number of rotatable bonds is 3. The molecule has 1 aliphatic rings. The van der Waals surface area contributed by atoms with Gasteiger partial charge < -0.3 is 5.32 Å². The summed E-state index contributed by atoms with van der Waals surface area (Å²) >= 11 is 0. The molecule has 1 amide bonds. The number of aromatic nitrogens is 5. The van der Waals surface area contributed by atoms with Crippen LogP contribution in [0.25, 0.3) is 0 Å². The molecular weight excluding hydrogens is 284 g/mol. The lowest BCUT2D eigenvalue weighted by atomic mass is 10.1. The van der Waals surface area contributed by atoms with Gasteiger partial charge in [0.2, 0.25) is 0 Å². The van der Waals surface area contributed by atoms with Gasteiger partial charge in [0.15, 0.2) is 0 Å².